The zero-order valence-corrected chi connectivity index (χ0v) is 16.9. The molecule has 0 spiro atoms. The monoisotopic (exact) mass is 373 g/mol. The molecule has 1 aromatic carbocycles. The van der Waals surface area contributed by atoms with Gasteiger partial charge >= 0.3 is 6.03 Å². The first-order valence-corrected chi connectivity index (χ1v) is 9.81. The van der Waals surface area contributed by atoms with Crippen LogP contribution in [-0.2, 0) is 6.54 Å². The van der Waals surface area contributed by atoms with Crippen LogP contribution in [0.2, 0.25) is 0 Å². The van der Waals surface area contributed by atoms with E-state index < -0.39 is 0 Å². The van der Waals surface area contributed by atoms with Crippen molar-refractivity contribution in [1.82, 2.24) is 15.1 Å². The quantitative estimate of drug-likeness (QED) is 0.883. The second-order valence-electron chi connectivity index (χ2n) is 7.15. The van der Waals surface area contributed by atoms with Gasteiger partial charge in [-0.15, -0.1) is 0 Å². The SMILES string of the molecule is CCN1CCNCCCC2=CC(C)c3c(cc(OC)cc3OC)CN2C1=O. The summed E-state index contributed by atoms with van der Waals surface area (Å²) in [6.45, 7) is 7.98. The van der Waals surface area contributed by atoms with Crippen LogP contribution in [-0.4, -0.2) is 56.2 Å². The molecule has 0 saturated carbocycles. The molecule has 0 radical (unpaired) electrons. The third-order valence-electron chi connectivity index (χ3n) is 5.46. The van der Waals surface area contributed by atoms with Crippen molar-refractivity contribution in [1.29, 1.82) is 0 Å². The molecule has 3 rings (SSSR count). The minimum Gasteiger partial charge on any atom is -0.497 e. The first-order valence-electron chi connectivity index (χ1n) is 9.81. The van der Waals surface area contributed by atoms with E-state index in [-0.39, 0.29) is 11.9 Å². The molecule has 0 bridgehead atoms. The van der Waals surface area contributed by atoms with Crippen LogP contribution in [0.1, 0.15) is 43.7 Å². The van der Waals surface area contributed by atoms with Crippen molar-refractivity contribution in [2.45, 2.75) is 39.2 Å². The minimum absolute atomic E-state index is 0.0780. The van der Waals surface area contributed by atoms with E-state index >= 15 is 0 Å². The predicted octanol–water partition coefficient (Wildman–Crippen LogP) is 3.33. The van der Waals surface area contributed by atoms with Gasteiger partial charge in [0.1, 0.15) is 11.5 Å². The van der Waals surface area contributed by atoms with Crippen molar-refractivity contribution in [2.75, 3.05) is 40.4 Å². The number of fused-ring (bicyclic) bond motifs is 2. The van der Waals surface area contributed by atoms with Gasteiger partial charge in [-0.3, -0.25) is 4.90 Å². The number of likely N-dealkylation sites (N-methyl/N-ethyl adjacent to an activating group) is 1. The van der Waals surface area contributed by atoms with Crippen molar-refractivity contribution in [2.24, 2.45) is 0 Å². The molecule has 1 unspecified atom stereocenters. The Bertz CT molecular complexity index is 717. The predicted molar refractivity (Wildman–Crippen MR) is 106 cm³/mol. The number of hydrogen-bond donors (Lipinski definition) is 1. The van der Waals surface area contributed by atoms with E-state index in [1.807, 2.05) is 28.9 Å². The number of carbonyl (C=O) groups is 1. The van der Waals surface area contributed by atoms with Crippen molar-refractivity contribution in [3.05, 3.63) is 35.0 Å². The lowest BCUT2D eigenvalue weighted by molar-refractivity contribution is 0.162. The first-order chi connectivity index (χ1) is 13.1. The van der Waals surface area contributed by atoms with Gasteiger partial charge in [-0.2, -0.15) is 0 Å². The van der Waals surface area contributed by atoms with Gasteiger partial charge < -0.3 is 19.7 Å². The molecule has 148 valence electrons. The molecule has 27 heavy (non-hydrogen) atoms. The zero-order chi connectivity index (χ0) is 19.4. The molecule has 0 aliphatic carbocycles. The third-order valence-corrected chi connectivity index (χ3v) is 5.46. The fourth-order valence-corrected chi connectivity index (χ4v) is 4.03. The van der Waals surface area contributed by atoms with Gasteiger partial charge in [0.05, 0.1) is 20.8 Å². The number of nitrogens with one attached hydrogen (secondary N) is 1. The highest BCUT2D eigenvalue weighted by Gasteiger charge is 2.30. The average molecular weight is 373 g/mol. The molecule has 2 amide bonds. The molecule has 1 saturated heterocycles. The molecule has 1 atom stereocenters. The third kappa shape index (κ3) is 4.05. The lowest BCUT2D eigenvalue weighted by atomic mass is 9.94. The summed E-state index contributed by atoms with van der Waals surface area (Å²) in [6.07, 6.45) is 4.13. The van der Waals surface area contributed by atoms with Crippen molar-refractivity contribution < 1.29 is 14.3 Å². The number of amides is 2. The van der Waals surface area contributed by atoms with Crippen LogP contribution in [0.4, 0.5) is 4.79 Å². The number of hydrogen-bond acceptors (Lipinski definition) is 4. The van der Waals surface area contributed by atoms with E-state index in [1.165, 1.54) is 0 Å². The van der Waals surface area contributed by atoms with Gasteiger partial charge in [-0.05, 0) is 37.9 Å². The van der Waals surface area contributed by atoms with Gasteiger partial charge in [0, 0.05) is 42.9 Å². The largest absolute Gasteiger partial charge is 0.497 e. The second-order valence-corrected chi connectivity index (χ2v) is 7.15. The number of carbonyl (C=O) groups excluding carboxylic acids is 1. The maximum atomic E-state index is 13.3. The summed E-state index contributed by atoms with van der Waals surface area (Å²) in [6, 6.07) is 4.04. The van der Waals surface area contributed by atoms with Crippen LogP contribution < -0.4 is 14.8 Å². The van der Waals surface area contributed by atoms with Crippen LogP contribution in [0.15, 0.2) is 23.9 Å². The Hall–Kier alpha value is -2.21. The molecule has 1 aromatic rings. The first kappa shape index (κ1) is 19.5. The number of methoxy groups -OCH3 is 2. The Morgan fingerprint density at radius 2 is 2.04 bits per heavy atom. The highest BCUT2D eigenvalue weighted by Crippen LogP contribution is 2.39. The van der Waals surface area contributed by atoms with Crippen LogP contribution in [0.25, 0.3) is 0 Å². The summed E-state index contributed by atoms with van der Waals surface area (Å²) in [5.74, 6) is 1.74. The molecular weight excluding hydrogens is 342 g/mol. The van der Waals surface area contributed by atoms with Crippen molar-refractivity contribution in [3.63, 3.8) is 0 Å². The van der Waals surface area contributed by atoms with Gasteiger partial charge in [-0.25, -0.2) is 4.79 Å². The standard InChI is InChI=1S/C21H31N3O3/c1-5-23-10-9-22-8-6-7-17-11-15(2)20-16(14-24(17)21(23)25)12-18(26-3)13-19(20)27-4/h11-13,15,22H,5-10,14H2,1-4H3. The van der Waals surface area contributed by atoms with Crippen molar-refractivity contribution >= 4 is 6.03 Å². The molecule has 2 aliphatic heterocycles. The van der Waals surface area contributed by atoms with Crippen LogP contribution in [0.3, 0.4) is 0 Å². The van der Waals surface area contributed by atoms with E-state index in [4.69, 9.17) is 9.47 Å². The topological polar surface area (TPSA) is 54.0 Å². The van der Waals surface area contributed by atoms with Crippen LogP contribution >= 0.6 is 0 Å². The molecule has 2 aliphatic rings. The Kier molecular flexibility index (Phi) is 6.26. The highest BCUT2D eigenvalue weighted by molar-refractivity contribution is 5.77. The van der Waals surface area contributed by atoms with Gasteiger partial charge in [0.25, 0.3) is 0 Å². The fraction of sp³-hybridized carbons (Fsp3) is 0.571. The Morgan fingerprint density at radius 1 is 1.22 bits per heavy atom. The second kappa shape index (κ2) is 8.65. The van der Waals surface area contributed by atoms with Gasteiger partial charge in [0.2, 0.25) is 0 Å². The Morgan fingerprint density at radius 3 is 2.74 bits per heavy atom. The van der Waals surface area contributed by atoms with E-state index in [0.717, 1.165) is 60.8 Å². The number of nitrogens with zero attached hydrogens (tertiary/aromatic N) is 2. The van der Waals surface area contributed by atoms with Crippen LogP contribution in [0.5, 0.6) is 11.5 Å². The number of ether oxygens (including phenoxy) is 2. The van der Waals surface area contributed by atoms with Crippen LogP contribution in [0, 0.1) is 0 Å². The average Bonchev–Trinajstić information content (AvgIpc) is 2.82. The van der Waals surface area contributed by atoms with E-state index in [9.17, 15) is 4.79 Å². The maximum Gasteiger partial charge on any atom is 0.324 e. The summed E-state index contributed by atoms with van der Waals surface area (Å²) in [4.78, 5) is 17.2. The summed E-state index contributed by atoms with van der Waals surface area (Å²) in [5.41, 5.74) is 3.33. The number of rotatable bonds is 3. The zero-order valence-electron chi connectivity index (χ0n) is 16.9. The fourth-order valence-electron chi connectivity index (χ4n) is 4.03. The number of benzene rings is 1. The summed E-state index contributed by atoms with van der Waals surface area (Å²) >= 11 is 0. The Labute approximate surface area is 162 Å². The summed E-state index contributed by atoms with van der Waals surface area (Å²) in [7, 11) is 3.35. The molecule has 1 fully saturated rings. The van der Waals surface area contributed by atoms with Gasteiger partial charge in [-0.1, -0.05) is 13.0 Å². The minimum atomic E-state index is 0.0780. The summed E-state index contributed by atoms with van der Waals surface area (Å²) in [5, 5.41) is 3.44. The molecular formula is C21H31N3O3. The molecule has 6 nitrogen and oxygen atoms in total. The smallest absolute Gasteiger partial charge is 0.324 e. The molecule has 6 heteroatoms. The molecule has 2 heterocycles. The van der Waals surface area contributed by atoms with Crippen molar-refractivity contribution in [3.8, 4) is 11.5 Å². The highest BCUT2D eigenvalue weighted by atomic mass is 16.5. The molecule has 1 N–H and O–H groups in total. The number of urea groups is 1. The lowest BCUT2D eigenvalue weighted by Crippen LogP contribution is -2.45. The summed E-state index contributed by atoms with van der Waals surface area (Å²) < 4.78 is 11.1. The Balaban J connectivity index is 2.07. The number of allylic oxidation sites excluding steroid dienone is 2. The van der Waals surface area contributed by atoms with E-state index in [0.29, 0.717) is 13.1 Å². The lowest BCUT2D eigenvalue weighted by Gasteiger charge is -2.32. The maximum absolute atomic E-state index is 13.3. The normalized spacial score (nSPS) is 21.0. The van der Waals surface area contributed by atoms with E-state index in [2.05, 4.69) is 18.3 Å². The molecule has 0 aromatic heterocycles. The van der Waals surface area contributed by atoms with Gasteiger partial charge in [0.15, 0.2) is 0 Å². The van der Waals surface area contributed by atoms with E-state index in [1.54, 1.807) is 14.2 Å².